The van der Waals surface area contributed by atoms with Gasteiger partial charge in [-0.2, -0.15) is 26.3 Å². The van der Waals surface area contributed by atoms with Crippen LogP contribution in [-0.4, -0.2) is 29.7 Å². The number of carbonyl (C=O) groups is 3. The van der Waals surface area contributed by atoms with Crippen LogP contribution in [-0.2, 0) is 14.4 Å². The van der Waals surface area contributed by atoms with Gasteiger partial charge >= 0.3 is 12.4 Å². The molecule has 108 valence electrons. The summed E-state index contributed by atoms with van der Waals surface area (Å²) in [6.45, 7) is 0. The highest BCUT2D eigenvalue weighted by atomic mass is 19.4. The van der Waals surface area contributed by atoms with Crippen LogP contribution in [0.2, 0.25) is 0 Å². The van der Waals surface area contributed by atoms with Gasteiger partial charge in [-0.25, -0.2) is 0 Å². The number of carbonyl (C=O) groups excluding carboxylic acids is 3. The first kappa shape index (κ1) is 15.6. The number of alkyl halides is 6. The number of rotatable bonds is 2. The maximum absolute atomic E-state index is 12.2. The van der Waals surface area contributed by atoms with Crippen molar-refractivity contribution in [3.05, 3.63) is 0 Å². The van der Waals surface area contributed by atoms with Gasteiger partial charge in [0, 0.05) is 0 Å². The van der Waals surface area contributed by atoms with Gasteiger partial charge in [0.25, 0.3) is 0 Å². The van der Waals surface area contributed by atoms with E-state index in [0.29, 0.717) is 0 Å². The minimum absolute atomic E-state index is 0.218. The van der Waals surface area contributed by atoms with Gasteiger partial charge in [-0.05, 0) is 12.8 Å². The number of hydrogen-bond donors (Lipinski definition) is 0. The lowest BCUT2D eigenvalue weighted by Gasteiger charge is -2.26. The Hall–Kier alpha value is -1.41. The first-order chi connectivity index (χ1) is 8.46. The monoisotopic (exact) mass is 290 g/mol. The molecule has 0 saturated heterocycles. The minimum atomic E-state index is -5.30. The fourth-order valence-corrected chi connectivity index (χ4v) is 1.97. The lowest BCUT2D eigenvalue weighted by molar-refractivity contribution is -0.183. The molecule has 0 spiro atoms. The van der Waals surface area contributed by atoms with Crippen molar-refractivity contribution >= 4 is 17.3 Å². The molecule has 2 atom stereocenters. The Morgan fingerprint density at radius 3 is 1.42 bits per heavy atom. The van der Waals surface area contributed by atoms with Gasteiger partial charge in [-0.1, -0.05) is 6.42 Å². The van der Waals surface area contributed by atoms with E-state index < -0.39 is 54.4 Å². The molecule has 1 aliphatic rings. The molecule has 9 heteroatoms. The summed E-state index contributed by atoms with van der Waals surface area (Å²) in [7, 11) is 0. The standard InChI is InChI=1S/C10H8F6O3/c11-9(12,13)7(18)4-2-1-3-5(6(4)17)8(19)10(14,15)16/h4-5H,1-3H2/t4-,5-/m1/s1. The van der Waals surface area contributed by atoms with E-state index in [-0.39, 0.29) is 6.42 Å². The maximum atomic E-state index is 12.2. The molecule has 0 N–H and O–H groups in total. The van der Waals surface area contributed by atoms with Crippen molar-refractivity contribution < 1.29 is 40.7 Å². The van der Waals surface area contributed by atoms with Gasteiger partial charge in [0.1, 0.15) is 0 Å². The van der Waals surface area contributed by atoms with Gasteiger partial charge in [-0.3, -0.25) is 14.4 Å². The van der Waals surface area contributed by atoms with E-state index >= 15 is 0 Å². The summed E-state index contributed by atoms with van der Waals surface area (Å²) < 4.78 is 73.0. The average Bonchev–Trinajstić information content (AvgIpc) is 2.25. The third-order valence-electron chi connectivity index (χ3n) is 2.86. The Bertz CT molecular complexity index is 372. The van der Waals surface area contributed by atoms with E-state index in [1.54, 1.807) is 0 Å². The molecule has 0 aromatic heterocycles. The number of halogens is 6. The first-order valence-electron chi connectivity index (χ1n) is 5.22. The van der Waals surface area contributed by atoms with E-state index in [2.05, 4.69) is 0 Å². The van der Waals surface area contributed by atoms with Crippen LogP contribution in [0.25, 0.3) is 0 Å². The van der Waals surface area contributed by atoms with E-state index in [1.807, 2.05) is 0 Å². The van der Waals surface area contributed by atoms with Crippen molar-refractivity contribution in [3.63, 3.8) is 0 Å². The molecule has 19 heavy (non-hydrogen) atoms. The highest BCUT2D eigenvalue weighted by molar-refractivity contribution is 6.14. The van der Waals surface area contributed by atoms with Crippen molar-refractivity contribution in [1.29, 1.82) is 0 Å². The van der Waals surface area contributed by atoms with Gasteiger partial charge in [0.05, 0.1) is 11.8 Å². The highest BCUT2D eigenvalue weighted by Crippen LogP contribution is 2.35. The van der Waals surface area contributed by atoms with Crippen LogP contribution in [0.15, 0.2) is 0 Å². The average molecular weight is 290 g/mol. The molecule has 1 aliphatic carbocycles. The topological polar surface area (TPSA) is 51.2 Å². The lowest BCUT2D eigenvalue weighted by atomic mass is 9.76. The third-order valence-corrected chi connectivity index (χ3v) is 2.86. The van der Waals surface area contributed by atoms with Crippen LogP contribution in [0.5, 0.6) is 0 Å². The molecular weight excluding hydrogens is 282 g/mol. The quantitative estimate of drug-likeness (QED) is 0.579. The van der Waals surface area contributed by atoms with Crippen molar-refractivity contribution in [3.8, 4) is 0 Å². The fourth-order valence-electron chi connectivity index (χ4n) is 1.97. The molecule has 0 bridgehead atoms. The van der Waals surface area contributed by atoms with Crippen LogP contribution in [0.1, 0.15) is 19.3 Å². The smallest absolute Gasteiger partial charge is 0.298 e. The zero-order valence-electron chi connectivity index (χ0n) is 9.27. The number of Topliss-reactive ketones (excluding diaryl/α,β-unsaturated/α-hetero) is 3. The normalized spacial score (nSPS) is 25.3. The van der Waals surface area contributed by atoms with Crippen LogP contribution in [0.3, 0.4) is 0 Å². The van der Waals surface area contributed by atoms with Crippen LogP contribution < -0.4 is 0 Å². The predicted molar refractivity (Wildman–Crippen MR) is 48.0 cm³/mol. The molecular formula is C10H8F6O3. The summed E-state index contributed by atoms with van der Waals surface area (Å²) in [6.07, 6.45) is -11.8. The van der Waals surface area contributed by atoms with Crippen LogP contribution in [0, 0.1) is 11.8 Å². The molecule has 0 amide bonds. The zero-order chi connectivity index (χ0) is 15.0. The molecule has 0 heterocycles. The van der Waals surface area contributed by atoms with E-state index in [9.17, 15) is 40.7 Å². The Morgan fingerprint density at radius 1 is 0.842 bits per heavy atom. The first-order valence-corrected chi connectivity index (χ1v) is 5.22. The second-order valence-electron chi connectivity index (χ2n) is 4.16. The number of ketones is 3. The molecule has 1 saturated carbocycles. The second-order valence-corrected chi connectivity index (χ2v) is 4.16. The molecule has 0 unspecified atom stereocenters. The summed E-state index contributed by atoms with van der Waals surface area (Å²) in [6, 6.07) is 0. The van der Waals surface area contributed by atoms with Gasteiger partial charge in [-0.15, -0.1) is 0 Å². The Kier molecular flexibility index (Phi) is 4.06. The van der Waals surface area contributed by atoms with Crippen molar-refractivity contribution in [2.75, 3.05) is 0 Å². The largest absolute Gasteiger partial charge is 0.450 e. The molecule has 1 rings (SSSR count). The Balaban J connectivity index is 2.95. The lowest BCUT2D eigenvalue weighted by Crippen LogP contribution is -2.45. The van der Waals surface area contributed by atoms with E-state index in [4.69, 9.17) is 0 Å². The van der Waals surface area contributed by atoms with E-state index in [1.165, 1.54) is 0 Å². The molecule has 1 fully saturated rings. The second kappa shape index (κ2) is 4.93. The Labute approximate surface area is 102 Å². The van der Waals surface area contributed by atoms with Gasteiger partial charge in [0.15, 0.2) is 5.78 Å². The summed E-state index contributed by atoms with van der Waals surface area (Å²) in [5.74, 6) is -10.8. The predicted octanol–water partition coefficient (Wildman–Crippen LogP) is 2.23. The summed E-state index contributed by atoms with van der Waals surface area (Å²) >= 11 is 0. The van der Waals surface area contributed by atoms with Crippen LogP contribution in [0.4, 0.5) is 26.3 Å². The van der Waals surface area contributed by atoms with Gasteiger partial charge in [0.2, 0.25) is 11.6 Å². The van der Waals surface area contributed by atoms with Gasteiger partial charge < -0.3 is 0 Å². The van der Waals surface area contributed by atoms with E-state index in [0.717, 1.165) is 0 Å². The van der Waals surface area contributed by atoms with Crippen molar-refractivity contribution in [2.24, 2.45) is 11.8 Å². The summed E-state index contributed by atoms with van der Waals surface area (Å²) in [5, 5.41) is 0. The highest BCUT2D eigenvalue weighted by Gasteiger charge is 2.53. The fraction of sp³-hybridized carbons (Fsp3) is 0.700. The zero-order valence-corrected chi connectivity index (χ0v) is 9.27. The third kappa shape index (κ3) is 3.32. The Morgan fingerprint density at radius 2 is 1.16 bits per heavy atom. The number of hydrogen-bond acceptors (Lipinski definition) is 3. The molecule has 0 radical (unpaired) electrons. The van der Waals surface area contributed by atoms with Crippen molar-refractivity contribution in [1.82, 2.24) is 0 Å². The molecule has 0 aliphatic heterocycles. The SMILES string of the molecule is O=C1[C@H](C(=O)C(F)(F)F)CCC[C@H]1C(=O)C(F)(F)F. The molecule has 3 nitrogen and oxygen atoms in total. The van der Waals surface area contributed by atoms with Crippen LogP contribution >= 0.6 is 0 Å². The van der Waals surface area contributed by atoms with Crippen molar-refractivity contribution in [2.45, 2.75) is 31.6 Å². The summed E-state index contributed by atoms with van der Waals surface area (Å²) in [4.78, 5) is 33.3. The summed E-state index contributed by atoms with van der Waals surface area (Å²) in [5.41, 5.74) is 0. The molecule has 0 aromatic rings. The molecule has 0 aromatic carbocycles. The maximum Gasteiger partial charge on any atom is 0.450 e. The minimum Gasteiger partial charge on any atom is -0.298 e.